The molecule has 0 aliphatic rings. The number of likely N-dealkylation sites (N-methyl/N-ethyl adjacent to an activating group) is 1. The van der Waals surface area contributed by atoms with Gasteiger partial charge in [0.1, 0.15) is 0 Å². The van der Waals surface area contributed by atoms with E-state index in [1.54, 1.807) is 0 Å². The molecule has 1 aromatic carbocycles. The van der Waals surface area contributed by atoms with E-state index in [1.165, 1.54) is 31.3 Å². The van der Waals surface area contributed by atoms with Crippen LogP contribution in [0.3, 0.4) is 0 Å². The molecule has 0 fully saturated rings. The highest BCUT2D eigenvalue weighted by atomic mass is 35.5. The molecule has 17 heavy (non-hydrogen) atoms. The summed E-state index contributed by atoms with van der Waals surface area (Å²) in [5, 5.41) is 0.477. The Kier molecular flexibility index (Phi) is 4.54. The number of alkyl halides is 3. The first-order chi connectivity index (χ1) is 7.78. The third kappa shape index (κ3) is 5.19. The Labute approximate surface area is 102 Å². The molecule has 1 rings (SSSR count). The zero-order valence-corrected chi connectivity index (χ0v) is 9.85. The third-order valence-electron chi connectivity index (χ3n) is 2.03. The van der Waals surface area contributed by atoms with E-state index in [2.05, 4.69) is 0 Å². The second kappa shape index (κ2) is 5.51. The molecule has 0 aliphatic heterocycles. The number of benzene rings is 1. The molecule has 6 heteroatoms. The van der Waals surface area contributed by atoms with Gasteiger partial charge in [-0.3, -0.25) is 9.69 Å². The zero-order valence-electron chi connectivity index (χ0n) is 9.09. The number of hydrogen-bond donors (Lipinski definition) is 0. The monoisotopic (exact) mass is 265 g/mol. The van der Waals surface area contributed by atoms with Crippen molar-refractivity contribution in [1.29, 1.82) is 0 Å². The lowest BCUT2D eigenvalue weighted by molar-refractivity contribution is -0.141. The summed E-state index contributed by atoms with van der Waals surface area (Å²) >= 11 is 5.64. The number of carbonyl (C=O) groups excluding carboxylic acids is 1. The number of hydrogen-bond acceptors (Lipinski definition) is 2. The molecule has 0 N–H and O–H groups in total. The number of halogens is 4. The largest absolute Gasteiger partial charge is 0.401 e. The van der Waals surface area contributed by atoms with E-state index in [-0.39, 0.29) is 12.3 Å². The van der Waals surface area contributed by atoms with E-state index in [9.17, 15) is 18.0 Å². The van der Waals surface area contributed by atoms with Crippen molar-refractivity contribution in [3.8, 4) is 0 Å². The molecule has 0 unspecified atom stereocenters. The van der Waals surface area contributed by atoms with Gasteiger partial charge < -0.3 is 0 Å². The molecule has 1 aromatic rings. The van der Waals surface area contributed by atoms with Crippen molar-refractivity contribution in [2.45, 2.75) is 6.18 Å². The minimum atomic E-state index is -4.30. The summed E-state index contributed by atoms with van der Waals surface area (Å²) in [6.07, 6.45) is -4.30. The quantitative estimate of drug-likeness (QED) is 0.780. The Bertz CT molecular complexity index is 389. The molecule has 0 saturated heterocycles. The molecule has 0 spiro atoms. The summed E-state index contributed by atoms with van der Waals surface area (Å²) in [6, 6.07) is 6.04. The van der Waals surface area contributed by atoms with Gasteiger partial charge in [0, 0.05) is 10.6 Å². The molecule has 0 aliphatic carbocycles. The van der Waals surface area contributed by atoms with Crippen LogP contribution in [0, 0.1) is 0 Å². The molecule has 0 amide bonds. The van der Waals surface area contributed by atoms with Crippen molar-refractivity contribution >= 4 is 17.4 Å². The van der Waals surface area contributed by atoms with Crippen LogP contribution in [0.5, 0.6) is 0 Å². The van der Waals surface area contributed by atoms with Gasteiger partial charge in [0.2, 0.25) is 0 Å². The standard InChI is InChI=1S/C11H11ClF3NO/c1-16(7-11(13,14)15)6-10(17)8-2-4-9(12)5-3-8/h2-5H,6-7H2,1H3. The van der Waals surface area contributed by atoms with Gasteiger partial charge in [-0.15, -0.1) is 0 Å². The lowest BCUT2D eigenvalue weighted by atomic mass is 10.1. The fourth-order valence-corrected chi connectivity index (χ4v) is 1.46. The van der Waals surface area contributed by atoms with E-state index in [4.69, 9.17) is 11.6 Å². The summed E-state index contributed by atoms with van der Waals surface area (Å²) in [5.41, 5.74) is 0.350. The molecule has 0 atom stereocenters. The van der Waals surface area contributed by atoms with Crippen LogP contribution in [-0.2, 0) is 0 Å². The summed E-state index contributed by atoms with van der Waals surface area (Å²) in [4.78, 5) is 12.5. The van der Waals surface area contributed by atoms with E-state index in [0.29, 0.717) is 10.6 Å². The van der Waals surface area contributed by atoms with Crippen molar-refractivity contribution in [3.63, 3.8) is 0 Å². The predicted octanol–water partition coefficient (Wildman–Crippen LogP) is 3.02. The van der Waals surface area contributed by atoms with E-state index < -0.39 is 12.7 Å². The van der Waals surface area contributed by atoms with E-state index >= 15 is 0 Å². The summed E-state index contributed by atoms with van der Waals surface area (Å²) in [7, 11) is 1.25. The molecule has 2 nitrogen and oxygen atoms in total. The van der Waals surface area contributed by atoms with Crippen LogP contribution in [0.2, 0.25) is 5.02 Å². The second-order valence-corrected chi connectivity index (χ2v) is 4.15. The van der Waals surface area contributed by atoms with Gasteiger partial charge >= 0.3 is 6.18 Å². The van der Waals surface area contributed by atoms with Gasteiger partial charge in [-0.1, -0.05) is 11.6 Å². The highest BCUT2D eigenvalue weighted by Crippen LogP contribution is 2.16. The Hall–Kier alpha value is -1.07. The van der Waals surface area contributed by atoms with Gasteiger partial charge in [0.05, 0.1) is 13.1 Å². The average molecular weight is 266 g/mol. The Morgan fingerprint density at radius 3 is 2.29 bits per heavy atom. The lowest BCUT2D eigenvalue weighted by Crippen LogP contribution is -2.34. The Morgan fingerprint density at radius 1 is 1.29 bits per heavy atom. The maximum absolute atomic E-state index is 12.0. The first-order valence-electron chi connectivity index (χ1n) is 4.82. The molecule has 0 saturated carbocycles. The van der Waals surface area contributed by atoms with Gasteiger partial charge in [-0.25, -0.2) is 0 Å². The highest BCUT2D eigenvalue weighted by molar-refractivity contribution is 6.30. The fourth-order valence-electron chi connectivity index (χ4n) is 1.33. The van der Waals surface area contributed by atoms with Gasteiger partial charge in [-0.2, -0.15) is 13.2 Å². The molecule has 0 radical (unpaired) electrons. The van der Waals surface area contributed by atoms with Crippen LogP contribution in [-0.4, -0.2) is 37.0 Å². The van der Waals surface area contributed by atoms with Crippen LogP contribution in [0.15, 0.2) is 24.3 Å². The fraction of sp³-hybridized carbons (Fsp3) is 0.364. The van der Waals surface area contributed by atoms with Gasteiger partial charge in [0.15, 0.2) is 5.78 Å². The Balaban J connectivity index is 2.57. The number of nitrogens with zero attached hydrogens (tertiary/aromatic N) is 1. The van der Waals surface area contributed by atoms with E-state index in [1.807, 2.05) is 0 Å². The van der Waals surface area contributed by atoms with Crippen molar-refractivity contribution < 1.29 is 18.0 Å². The number of carbonyl (C=O) groups is 1. The first-order valence-corrected chi connectivity index (χ1v) is 5.20. The van der Waals surface area contributed by atoms with Crippen molar-refractivity contribution in [2.75, 3.05) is 20.1 Å². The maximum Gasteiger partial charge on any atom is 0.401 e. The summed E-state index contributed by atoms with van der Waals surface area (Å²) in [5.74, 6) is -0.367. The van der Waals surface area contributed by atoms with Crippen molar-refractivity contribution in [1.82, 2.24) is 4.90 Å². The molecular formula is C11H11ClF3NO. The second-order valence-electron chi connectivity index (χ2n) is 3.72. The van der Waals surface area contributed by atoms with Crippen LogP contribution < -0.4 is 0 Å². The summed E-state index contributed by atoms with van der Waals surface area (Å²) in [6.45, 7) is -1.38. The zero-order chi connectivity index (χ0) is 13.1. The smallest absolute Gasteiger partial charge is 0.293 e. The predicted molar refractivity (Wildman–Crippen MR) is 59.3 cm³/mol. The van der Waals surface area contributed by atoms with Crippen molar-refractivity contribution in [2.24, 2.45) is 0 Å². The van der Waals surface area contributed by atoms with Crippen LogP contribution in [0.1, 0.15) is 10.4 Å². The Morgan fingerprint density at radius 2 is 1.82 bits per heavy atom. The SMILES string of the molecule is CN(CC(=O)c1ccc(Cl)cc1)CC(F)(F)F. The van der Waals surface area contributed by atoms with Gasteiger partial charge in [-0.05, 0) is 31.3 Å². The molecule has 94 valence electrons. The highest BCUT2D eigenvalue weighted by Gasteiger charge is 2.29. The molecular weight excluding hydrogens is 255 g/mol. The molecule has 0 bridgehead atoms. The normalized spacial score (nSPS) is 11.9. The number of Topliss-reactive ketones (excluding diaryl/α,β-unsaturated/α-hetero) is 1. The average Bonchev–Trinajstić information content (AvgIpc) is 2.15. The maximum atomic E-state index is 12.0. The van der Waals surface area contributed by atoms with E-state index in [0.717, 1.165) is 4.90 Å². The topological polar surface area (TPSA) is 20.3 Å². The molecule has 0 heterocycles. The third-order valence-corrected chi connectivity index (χ3v) is 2.28. The first kappa shape index (κ1) is 14.0. The number of rotatable bonds is 4. The number of ketones is 1. The van der Waals surface area contributed by atoms with Crippen LogP contribution >= 0.6 is 11.6 Å². The van der Waals surface area contributed by atoms with Crippen molar-refractivity contribution in [3.05, 3.63) is 34.9 Å². The molecule has 0 aromatic heterocycles. The van der Waals surface area contributed by atoms with Gasteiger partial charge in [0.25, 0.3) is 0 Å². The lowest BCUT2D eigenvalue weighted by Gasteiger charge is -2.17. The minimum Gasteiger partial charge on any atom is -0.293 e. The van der Waals surface area contributed by atoms with Crippen LogP contribution in [0.25, 0.3) is 0 Å². The van der Waals surface area contributed by atoms with Crippen LogP contribution in [0.4, 0.5) is 13.2 Å². The summed E-state index contributed by atoms with van der Waals surface area (Å²) < 4.78 is 36.1. The minimum absolute atomic E-state index is 0.277.